The van der Waals surface area contributed by atoms with Crippen molar-refractivity contribution in [3.8, 4) is 11.8 Å². The maximum atomic E-state index is 11.8. The van der Waals surface area contributed by atoms with Crippen LogP contribution < -0.4 is 0 Å². The molecule has 1 aromatic carbocycles. The summed E-state index contributed by atoms with van der Waals surface area (Å²) in [7, 11) is 0. The summed E-state index contributed by atoms with van der Waals surface area (Å²) in [6.45, 7) is 3.59. The fraction of sp³-hybridized carbons (Fsp3) is 0.333. The number of aliphatic hydroxyl groups is 1. The van der Waals surface area contributed by atoms with Gasteiger partial charge in [0.15, 0.2) is 0 Å². The first kappa shape index (κ1) is 12.6. The second-order valence-electron chi connectivity index (χ2n) is 3.53. The van der Waals surface area contributed by atoms with Crippen molar-refractivity contribution in [2.45, 2.75) is 26.1 Å². The number of aliphatic hydroxyl groups excluding tert-OH is 1. The Bertz CT molecular complexity index is 438. The zero-order valence-electron chi connectivity index (χ0n) is 8.89. The Morgan fingerprint density at radius 1 is 1.25 bits per heavy atom. The number of aryl methyl sites for hydroxylation is 2. The maximum Gasteiger partial charge on any atom is 0.457 e. The second kappa shape index (κ2) is 4.58. The largest absolute Gasteiger partial charge is 0.457 e. The van der Waals surface area contributed by atoms with Gasteiger partial charge in [0, 0.05) is 5.92 Å². The summed E-state index contributed by atoms with van der Waals surface area (Å²) in [5, 5.41) is 9.48. The zero-order chi connectivity index (χ0) is 12.3. The Labute approximate surface area is 91.9 Å². The summed E-state index contributed by atoms with van der Waals surface area (Å²) in [6.07, 6.45) is -5.97. The average Bonchev–Trinajstić information content (AvgIpc) is 2.13. The molecule has 16 heavy (non-hydrogen) atoms. The molecule has 0 aliphatic rings. The zero-order valence-corrected chi connectivity index (χ0v) is 8.89. The van der Waals surface area contributed by atoms with Crippen LogP contribution in [0.4, 0.5) is 13.2 Å². The molecule has 1 atom stereocenters. The molecule has 4 heteroatoms. The van der Waals surface area contributed by atoms with E-state index in [4.69, 9.17) is 0 Å². The third kappa shape index (κ3) is 3.59. The van der Waals surface area contributed by atoms with Crippen LogP contribution >= 0.6 is 0 Å². The highest BCUT2D eigenvalue weighted by molar-refractivity contribution is 5.35. The number of benzene rings is 1. The van der Waals surface area contributed by atoms with Gasteiger partial charge in [-0.3, -0.25) is 0 Å². The van der Waals surface area contributed by atoms with Gasteiger partial charge in [-0.1, -0.05) is 29.7 Å². The lowest BCUT2D eigenvalue weighted by Gasteiger charge is -2.08. The molecule has 0 aliphatic carbocycles. The standard InChI is InChI=1S/C12H11F3O/c1-8-3-4-10(9(2)7-8)11(16)5-6-12(13,14)15/h3-4,7,11,16H,1-2H3. The quantitative estimate of drug-likeness (QED) is 0.733. The smallest absolute Gasteiger partial charge is 0.376 e. The van der Waals surface area contributed by atoms with Gasteiger partial charge >= 0.3 is 6.18 Å². The molecule has 0 saturated carbocycles. The maximum absolute atomic E-state index is 11.8. The van der Waals surface area contributed by atoms with Gasteiger partial charge in [-0.25, -0.2) is 0 Å². The van der Waals surface area contributed by atoms with E-state index in [0.29, 0.717) is 5.56 Å². The SMILES string of the molecule is Cc1ccc(C(O)C#CC(F)(F)F)c(C)c1. The van der Waals surface area contributed by atoms with Crippen molar-refractivity contribution in [1.29, 1.82) is 0 Å². The molecule has 1 nitrogen and oxygen atoms in total. The Kier molecular flexibility index (Phi) is 3.61. The van der Waals surface area contributed by atoms with Crippen LogP contribution in [-0.2, 0) is 0 Å². The van der Waals surface area contributed by atoms with Crippen molar-refractivity contribution >= 4 is 0 Å². The number of halogens is 3. The summed E-state index contributed by atoms with van der Waals surface area (Å²) in [4.78, 5) is 0. The van der Waals surface area contributed by atoms with Gasteiger partial charge in [-0.2, -0.15) is 13.2 Å². The Hall–Kier alpha value is -1.47. The summed E-state index contributed by atoms with van der Waals surface area (Å²) >= 11 is 0. The minimum Gasteiger partial charge on any atom is -0.376 e. The summed E-state index contributed by atoms with van der Waals surface area (Å²) < 4.78 is 35.4. The normalized spacial score (nSPS) is 12.9. The fourth-order valence-corrected chi connectivity index (χ4v) is 1.36. The van der Waals surface area contributed by atoms with E-state index in [9.17, 15) is 18.3 Å². The Balaban J connectivity index is 2.96. The van der Waals surface area contributed by atoms with Gasteiger partial charge < -0.3 is 5.11 Å². The molecule has 0 amide bonds. The lowest BCUT2D eigenvalue weighted by Crippen LogP contribution is -2.04. The molecule has 86 valence electrons. The monoisotopic (exact) mass is 228 g/mol. The van der Waals surface area contributed by atoms with Gasteiger partial charge in [0.2, 0.25) is 0 Å². The van der Waals surface area contributed by atoms with Crippen LogP contribution in [0, 0.1) is 25.7 Å². The molecule has 0 aromatic heterocycles. The van der Waals surface area contributed by atoms with Crippen molar-refractivity contribution in [2.24, 2.45) is 0 Å². The number of hydrogen-bond acceptors (Lipinski definition) is 1. The van der Waals surface area contributed by atoms with Crippen LogP contribution in [0.15, 0.2) is 18.2 Å². The van der Waals surface area contributed by atoms with Crippen LogP contribution in [0.1, 0.15) is 22.8 Å². The van der Waals surface area contributed by atoms with Crippen molar-refractivity contribution in [3.63, 3.8) is 0 Å². The summed E-state index contributed by atoms with van der Waals surface area (Å²) in [5.74, 6) is 2.84. The predicted octanol–water partition coefficient (Wildman–Crippen LogP) is 2.90. The first-order valence-corrected chi connectivity index (χ1v) is 4.64. The third-order valence-corrected chi connectivity index (χ3v) is 2.07. The van der Waals surface area contributed by atoms with Crippen molar-refractivity contribution in [1.82, 2.24) is 0 Å². The van der Waals surface area contributed by atoms with Gasteiger partial charge in [0.25, 0.3) is 0 Å². The minimum atomic E-state index is -4.57. The van der Waals surface area contributed by atoms with Crippen molar-refractivity contribution in [2.75, 3.05) is 0 Å². The molecule has 1 unspecified atom stereocenters. The van der Waals surface area contributed by atoms with Crippen LogP contribution in [0.25, 0.3) is 0 Å². The Morgan fingerprint density at radius 3 is 2.38 bits per heavy atom. The molecule has 0 aliphatic heterocycles. The molecule has 0 bridgehead atoms. The lowest BCUT2D eigenvalue weighted by molar-refractivity contribution is -0.0700. The first-order valence-electron chi connectivity index (χ1n) is 4.64. The molecule has 1 aromatic rings. The molecule has 0 fully saturated rings. The highest BCUT2D eigenvalue weighted by Gasteiger charge is 2.23. The Morgan fingerprint density at radius 2 is 1.88 bits per heavy atom. The number of rotatable bonds is 1. The average molecular weight is 228 g/mol. The van der Waals surface area contributed by atoms with E-state index >= 15 is 0 Å². The third-order valence-electron chi connectivity index (χ3n) is 2.07. The molecule has 0 radical (unpaired) electrons. The van der Waals surface area contributed by atoms with Crippen molar-refractivity contribution in [3.05, 3.63) is 34.9 Å². The minimum absolute atomic E-state index is 0.405. The van der Waals surface area contributed by atoms with E-state index in [-0.39, 0.29) is 0 Å². The molecular weight excluding hydrogens is 217 g/mol. The lowest BCUT2D eigenvalue weighted by atomic mass is 10.0. The van der Waals surface area contributed by atoms with Crippen LogP contribution in [0.5, 0.6) is 0 Å². The van der Waals surface area contributed by atoms with Gasteiger partial charge in [0.05, 0.1) is 0 Å². The fourth-order valence-electron chi connectivity index (χ4n) is 1.36. The molecule has 1 N–H and O–H groups in total. The topological polar surface area (TPSA) is 20.2 Å². The van der Waals surface area contributed by atoms with E-state index < -0.39 is 12.3 Å². The first-order chi connectivity index (χ1) is 7.29. The number of alkyl halides is 3. The summed E-state index contributed by atoms with van der Waals surface area (Å²) in [5.41, 5.74) is 2.11. The molecule has 0 spiro atoms. The highest BCUT2D eigenvalue weighted by atomic mass is 19.4. The van der Waals surface area contributed by atoms with E-state index in [1.54, 1.807) is 31.0 Å². The van der Waals surface area contributed by atoms with Gasteiger partial charge in [-0.05, 0) is 25.0 Å². The van der Waals surface area contributed by atoms with Gasteiger partial charge in [0.1, 0.15) is 6.10 Å². The molecular formula is C12H11F3O. The highest BCUT2D eigenvalue weighted by Crippen LogP contribution is 2.19. The number of hydrogen-bond donors (Lipinski definition) is 1. The predicted molar refractivity (Wildman–Crippen MR) is 54.7 cm³/mol. The van der Waals surface area contributed by atoms with Gasteiger partial charge in [-0.15, -0.1) is 0 Å². The van der Waals surface area contributed by atoms with E-state index in [0.717, 1.165) is 17.0 Å². The van der Waals surface area contributed by atoms with Crippen LogP contribution in [-0.4, -0.2) is 11.3 Å². The molecule has 1 rings (SSSR count). The van der Waals surface area contributed by atoms with Crippen LogP contribution in [0.3, 0.4) is 0 Å². The molecule has 0 saturated heterocycles. The molecule has 0 heterocycles. The van der Waals surface area contributed by atoms with E-state index in [1.165, 1.54) is 0 Å². The van der Waals surface area contributed by atoms with Crippen molar-refractivity contribution < 1.29 is 18.3 Å². The van der Waals surface area contributed by atoms with E-state index in [1.807, 2.05) is 6.92 Å². The second-order valence-corrected chi connectivity index (χ2v) is 3.53. The van der Waals surface area contributed by atoms with Crippen LogP contribution in [0.2, 0.25) is 0 Å². The van der Waals surface area contributed by atoms with E-state index in [2.05, 4.69) is 0 Å². The summed E-state index contributed by atoms with van der Waals surface area (Å²) in [6, 6.07) is 5.09.